The highest BCUT2D eigenvalue weighted by atomic mass is 79.9. The molecule has 7 nitrogen and oxygen atoms in total. The molecule has 0 radical (unpaired) electrons. The molecular formula is C17H15BrN4O3S. The monoisotopic (exact) mass is 434 g/mol. The first-order valence-corrected chi connectivity index (χ1v) is 9.08. The summed E-state index contributed by atoms with van der Waals surface area (Å²) in [6.07, 6.45) is 1.58. The van der Waals surface area contributed by atoms with Crippen LogP contribution in [0.1, 0.15) is 15.4 Å². The maximum absolute atomic E-state index is 12.2. The molecule has 0 atom stereocenters. The number of thiophene rings is 1. The van der Waals surface area contributed by atoms with Crippen LogP contribution in [0.2, 0.25) is 0 Å². The lowest BCUT2D eigenvalue weighted by Gasteiger charge is -2.08. The van der Waals surface area contributed by atoms with Crippen molar-refractivity contribution < 1.29 is 14.3 Å². The fourth-order valence-corrected chi connectivity index (χ4v) is 3.50. The summed E-state index contributed by atoms with van der Waals surface area (Å²) in [6.45, 7) is 0. The second kappa shape index (κ2) is 8.15. The lowest BCUT2D eigenvalue weighted by Crippen LogP contribution is -2.17. The van der Waals surface area contributed by atoms with E-state index in [0.717, 1.165) is 8.66 Å². The van der Waals surface area contributed by atoms with E-state index in [4.69, 9.17) is 9.47 Å². The number of aromatic amines is 1. The predicted molar refractivity (Wildman–Crippen MR) is 104 cm³/mol. The van der Waals surface area contributed by atoms with Crippen LogP contribution in [0.3, 0.4) is 0 Å². The first-order valence-electron chi connectivity index (χ1n) is 7.47. The van der Waals surface area contributed by atoms with E-state index in [1.165, 1.54) is 11.3 Å². The van der Waals surface area contributed by atoms with Crippen LogP contribution in [0.25, 0.3) is 11.3 Å². The molecule has 0 saturated heterocycles. The van der Waals surface area contributed by atoms with Crippen LogP contribution in [-0.2, 0) is 0 Å². The molecule has 0 fully saturated rings. The second-order valence-corrected chi connectivity index (χ2v) is 7.57. The topological polar surface area (TPSA) is 88.6 Å². The summed E-state index contributed by atoms with van der Waals surface area (Å²) in [5.41, 5.74) is 4.04. The molecule has 26 heavy (non-hydrogen) atoms. The quantitative estimate of drug-likeness (QED) is 0.457. The molecule has 9 heteroatoms. The Bertz CT molecular complexity index is 951. The maximum Gasteiger partial charge on any atom is 0.289 e. The Kier molecular flexibility index (Phi) is 5.69. The van der Waals surface area contributed by atoms with Gasteiger partial charge in [0.15, 0.2) is 0 Å². The Morgan fingerprint density at radius 3 is 2.81 bits per heavy atom. The van der Waals surface area contributed by atoms with Crippen LogP contribution in [0.4, 0.5) is 0 Å². The Morgan fingerprint density at radius 1 is 1.27 bits per heavy atom. The molecule has 2 aromatic heterocycles. The summed E-state index contributed by atoms with van der Waals surface area (Å²) in [5, 5.41) is 10.8. The Morgan fingerprint density at radius 2 is 2.12 bits per heavy atom. The van der Waals surface area contributed by atoms with E-state index in [0.29, 0.717) is 22.8 Å². The van der Waals surface area contributed by atoms with Crippen molar-refractivity contribution in [1.82, 2.24) is 15.6 Å². The second-order valence-electron chi connectivity index (χ2n) is 5.07. The van der Waals surface area contributed by atoms with Crippen LogP contribution < -0.4 is 14.9 Å². The zero-order chi connectivity index (χ0) is 18.5. The minimum Gasteiger partial charge on any atom is -0.497 e. The van der Waals surface area contributed by atoms with Gasteiger partial charge in [0.25, 0.3) is 5.91 Å². The molecule has 0 spiro atoms. The molecule has 134 valence electrons. The van der Waals surface area contributed by atoms with Crippen LogP contribution in [-0.4, -0.2) is 36.5 Å². The Balaban J connectivity index is 1.75. The van der Waals surface area contributed by atoms with Gasteiger partial charge in [-0.1, -0.05) is 0 Å². The van der Waals surface area contributed by atoms with Gasteiger partial charge in [-0.3, -0.25) is 9.89 Å². The van der Waals surface area contributed by atoms with Crippen molar-refractivity contribution >= 4 is 39.4 Å². The number of nitrogens with zero attached hydrogens (tertiary/aromatic N) is 2. The fraction of sp³-hybridized carbons (Fsp3) is 0.118. The first kappa shape index (κ1) is 18.2. The number of halogens is 1. The molecular weight excluding hydrogens is 420 g/mol. The van der Waals surface area contributed by atoms with Gasteiger partial charge in [0, 0.05) is 10.4 Å². The SMILES string of the molecule is COc1ccc(OC)c(-c2cc(C(=O)NN=Cc3ccc(Br)s3)[nH]n2)c1. The number of amides is 1. The summed E-state index contributed by atoms with van der Waals surface area (Å²) in [6, 6.07) is 10.8. The van der Waals surface area contributed by atoms with Crippen LogP contribution in [0.15, 0.2) is 45.3 Å². The average molecular weight is 435 g/mol. The van der Waals surface area contributed by atoms with Crippen molar-refractivity contribution in [3.05, 3.63) is 50.8 Å². The smallest absolute Gasteiger partial charge is 0.289 e. The Hall–Kier alpha value is -2.65. The molecule has 2 heterocycles. The zero-order valence-corrected chi connectivity index (χ0v) is 16.3. The first-order chi connectivity index (χ1) is 12.6. The van der Waals surface area contributed by atoms with E-state index in [9.17, 15) is 4.79 Å². The zero-order valence-electron chi connectivity index (χ0n) is 13.9. The number of hydrogen-bond donors (Lipinski definition) is 2. The van der Waals surface area contributed by atoms with Crippen LogP contribution in [0, 0.1) is 0 Å². The van der Waals surface area contributed by atoms with E-state index in [2.05, 4.69) is 36.7 Å². The molecule has 3 aromatic rings. The number of hydrogen-bond acceptors (Lipinski definition) is 6. The minimum absolute atomic E-state index is 0.286. The van der Waals surface area contributed by atoms with Gasteiger partial charge < -0.3 is 9.47 Å². The standard InChI is InChI=1S/C17H15BrN4O3S/c1-24-10-3-5-15(25-2)12(7-10)13-8-14(21-20-13)17(23)22-19-9-11-4-6-16(18)26-11/h3-9H,1-2H3,(H,20,21)(H,22,23). The molecule has 2 N–H and O–H groups in total. The Labute approximate surface area is 162 Å². The van der Waals surface area contributed by atoms with Crippen molar-refractivity contribution in [3.63, 3.8) is 0 Å². The number of nitrogens with one attached hydrogen (secondary N) is 2. The molecule has 0 aliphatic carbocycles. The number of methoxy groups -OCH3 is 2. The molecule has 0 aliphatic heterocycles. The van der Waals surface area contributed by atoms with Crippen LogP contribution in [0.5, 0.6) is 11.5 Å². The van der Waals surface area contributed by atoms with Gasteiger partial charge in [0.1, 0.15) is 17.2 Å². The number of benzene rings is 1. The van der Waals surface area contributed by atoms with Gasteiger partial charge in [-0.15, -0.1) is 11.3 Å². The minimum atomic E-state index is -0.391. The number of aromatic nitrogens is 2. The van der Waals surface area contributed by atoms with Crippen molar-refractivity contribution in [2.75, 3.05) is 14.2 Å². The molecule has 0 bridgehead atoms. The number of carbonyl (C=O) groups excluding carboxylic acids is 1. The molecule has 1 amide bonds. The molecule has 1 aromatic carbocycles. The van der Waals surface area contributed by atoms with Gasteiger partial charge in [-0.25, -0.2) is 5.43 Å². The molecule has 3 rings (SSSR count). The molecule has 0 saturated carbocycles. The van der Waals surface area contributed by atoms with Gasteiger partial charge in [0.2, 0.25) is 0 Å². The van der Waals surface area contributed by atoms with Gasteiger partial charge in [-0.2, -0.15) is 10.2 Å². The summed E-state index contributed by atoms with van der Waals surface area (Å²) in [7, 11) is 3.16. The summed E-state index contributed by atoms with van der Waals surface area (Å²) >= 11 is 4.89. The molecule has 0 aliphatic rings. The highest BCUT2D eigenvalue weighted by molar-refractivity contribution is 9.11. The number of hydrazone groups is 1. The third-order valence-electron chi connectivity index (χ3n) is 3.46. The van der Waals surface area contributed by atoms with Crippen molar-refractivity contribution in [1.29, 1.82) is 0 Å². The van der Waals surface area contributed by atoms with E-state index in [1.54, 1.807) is 44.7 Å². The number of ether oxygens (including phenoxy) is 2. The fourth-order valence-electron chi connectivity index (χ4n) is 2.20. The van der Waals surface area contributed by atoms with Gasteiger partial charge in [-0.05, 0) is 52.3 Å². The van der Waals surface area contributed by atoms with Gasteiger partial charge in [0.05, 0.1) is 29.9 Å². The normalized spacial score (nSPS) is 10.9. The summed E-state index contributed by atoms with van der Waals surface area (Å²) < 4.78 is 11.6. The third kappa shape index (κ3) is 4.12. The van der Waals surface area contributed by atoms with E-state index in [1.807, 2.05) is 12.1 Å². The number of rotatable bonds is 6. The largest absolute Gasteiger partial charge is 0.497 e. The highest BCUT2D eigenvalue weighted by Crippen LogP contribution is 2.32. The lowest BCUT2D eigenvalue weighted by molar-refractivity contribution is 0.0950. The van der Waals surface area contributed by atoms with E-state index < -0.39 is 5.91 Å². The van der Waals surface area contributed by atoms with Crippen molar-refractivity contribution in [3.8, 4) is 22.8 Å². The average Bonchev–Trinajstić information content (AvgIpc) is 3.30. The summed E-state index contributed by atoms with van der Waals surface area (Å²) in [5.74, 6) is 0.907. The molecule has 0 unspecified atom stereocenters. The van der Waals surface area contributed by atoms with Crippen molar-refractivity contribution in [2.24, 2.45) is 5.10 Å². The lowest BCUT2D eigenvalue weighted by atomic mass is 10.1. The highest BCUT2D eigenvalue weighted by Gasteiger charge is 2.14. The van der Waals surface area contributed by atoms with Gasteiger partial charge >= 0.3 is 0 Å². The maximum atomic E-state index is 12.2. The third-order valence-corrected chi connectivity index (χ3v) is 5.02. The predicted octanol–water partition coefficient (Wildman–Crippen LogP) is 3.68. The van der Waals surface area contributed by atoms with Crippen LogP contribution >= 0.6 is 27.3 Å². The number of carbonyl (C=O) groups is 1. The summed E-state index contributed by atoms with van der Waals surface area (Å²) in [4.78, 5) is 13.1. The van der Waals surface area contributed by atoms with E-state index in [-0.39, 0.29) is 5.69 Å². The van der Waals surface area contributed by atoms with Crippen molar-refractivity contribution in [2.45, 2.75) is 0 Å². The van der Waals surface area contributed by atoms with E-state index >= 15 is 0 Å². The number of H-pyrrole nitrogens is 1.